The number of aromatic amines is 1. The molecular formula is C24H27N5O3. The van der Waals surface area contributed by atoms with Gasteiger partial charge in [-0.1, -0.05) is 0 Å². The Morgan fingerprint density at radius 2 is 2.06 bits per heavy atom. The van der Waals surface area contributed by atoms with Crippen LogP contribution in [0.15, 0.2) is 48.9 Å². The van der Waals surface area contributed by atoms with Crippen molar-refractivity contribution in [2.24, 2.45) is 5.92 Å². The molecule has 8 nitrogen and oxygen atoms in total. The number of rotatable bonds is 8. The van der Waals surface area contributed by atoms with Gasteiger partial charge in [-0.15, -0.1) is 0 Å². The number of ether oxygens (including phenoxy) is 1. The number of amides is 1. The highest BCUT2D eigenvalue weighted by Gasteiger charge is 2.25. The lowest BCUT2D eigenvalue weighted by molar-refractivity contribution is 0.0948. The zero-order chi connectivity index (χ0) is 22.5. The number of hydrogen-bond donors (Lipinski definition) is 2. The fourth-order valence-electron chi connectivity index (χ4n) is 4.04. The van der Waals surface area contributed by atoms with E-state index in [9.17, 15) is 9.59 Å². The van der Waals surface area contributed by atoms with Crippen LogP contribution in [0.25, 0.3) is 0 Å². The Hall–Kier alpha value is -3.68. The van der Waals surface area contributed by atoms with E-state index in [0.29, 0.717) is 29.4 Å². The van der Waals surface area contributed by atoms with Gasteiger partial charge in [0.25, 0.3) is 5.91 Å². The molecule has 0 saturated carbocycles. The number of benzene rings is 1. The fraction of sp³-hybridized carbons (Fsp3) is 0.333. The van der Waals surface area contributed by atoms with E-state index in [-0.39, 0.29) is 11.7 Å². The average molecular weight is 434 g/mol. The highest BCUT2D eigenvalue weighted by atomic mass is 16.5. The molecule has 1 aromatic carbocycles. The Balaban J connectivity index is 1.41. The number of nitrogens with zero attached hydrogens (tertiary/aromatic N) is 3. The number of imidazole rings is 1. The molecule has 1 atom stereocenters. The number of ketones is 1. The molecule has 0 radical (unpaired) electrons. The molecule has 4 rings (SSSR count). The number of pyridine rings is 1. The van der Waals surface area contributed by atoms with Crippen LogP contribution in [-0.2, 0) is 13.0 Å². The van der Waals surface area contributed by atoms with Crippen molar-refractivity contribution in [3.63, 3.8) is 0 Å². The van der Waals surface area contributed by atoms with Crippen LogP contribution in [0.5, 0.6) is 5.75 Å². The van der Waals surface area contributed by atoms with Gasteiger partial charge in [0, 0.05) is 42.8 Å². The number of H-pyrrole nitrogens is 1. The Morgan fingerprint density at radius 3 is 2.75 bits per heavy atom. The standard InChI is InChI=1S/C24H27N5O3/c1-16(30)19-4-6-23(27-13-19)29-10-7-17(15-29)11-20-12-18(3-5-21(20)32-2)24(31)28-14-22-25-8-9-26-22/h3-6,8-9,12-13,17H,7,10-11,14-15H2,1-2H3,(H,25,26)(H,28,31). The number of hydrogen-bond acceptors (Lipinski definition) is 6. The average Bonchev–Trinajstić information content (AvgIpc) is 3.50. The minimum absolute atomic E-state index is 0.0172. The number of carbonyl (C=O) groups excluding carboxylic acids is 2. The molecule has 2 N–H and O–H groups in total. The number of methoxy groups -OCH3 is 1. The second-order valence-electron chi connectivity index (χ2n) is 8.01. The maximum Gasteiger partial charge on any atom is 0.251 e. The summed E-state index contributed by atoms with van der Waals surface area (Å²) in [6, 6.07) is 9.28. The summed E-state index contributed by atoms with van der Waals surface area (Å²) in [7, 11) is 1.65. The first-order valence-corrected chi connectivity index (χ1v) is 10.7. The van der Waals surface area contributed by atoms with Crippen molar-refractivity contribution in [3.05, 3.63) is 71.4 Å². The molecule has 0 bridgehead atoms. The normalized spacial score (nSPS) is 15.6. The van der Waals surface area contributed by atoms with E-state index >= 15 is 0 Å². The third-order valence-electron chi connectivity index (χ3n) is 5.79. The van der Waals surface area contributed by atoms with Gasteiger partial charge in [-0.25, -0.2) is 9.97 Å². The van der Waals surface area contributed by atoms with Crippen molar-refractivity contribution in [2.45, 2.75) is 26.3 Å². The monoisotopic (exact) mass is 433 g/mol. The number of Topliss-reactive ketones (excluding diaryl/α,β-unsaturated/α-hetero) is 1. The summed E-state index contributed by atoms with van der Waals surface area (Å²) in [5.41, 5.74) is 2.24. The van der Waals surface area contributed by atoms with Gasteiger partial charge >= 0.3 is 0 Å². The molecule has 1 aliphatic rings. The first-order valence-electron chi connectivity index (χ1n) is 10.7. The van der Waals surface area contributed by atoms with Crippen molar-refractivity contribution < 1.29 is 14.3 Å². The molecule has 1 aliphatic heterocycles. The first-order chi connectivity index (χ1) is 15.5. The van der Waals surface area contributed by atoms with Gasteiger partial charge in [0.15, 0.2) is 5.78 Å². The molecule has 1 saturated heterocycles. The molecule has 1 unspecified atom stereocenters. The van der Waals surface area contributed by atoms with Crippen LogP contribution >= 0.6 is 0 Å². The Morgan fingerprint density at radius 1 is 1.22 bits per heavy atom. The van der Waals surface area contributed by atoms with Gasteiger partial charge in [-0.2, -0.15) is 0 Å². The molecule has 0 aliphatic carbocycles. The molecule has 3 heterocycles. The van der Waals surface area contributed by atoms with E-state index < -0.39 is 0 Å². The van der Waals surface area contributed by atoms with Crippen molar-refractivity contribution >= 4 is 17.5 Å². The molecule has 1 amide bonds. The molecule has 3 aromatic rings. The molecule has 1 fully saturated rings. The number of carbonyl (C=O) groups is 2. The van der Waals surface area contributed by atoms with Crippen molar-refractivity contribution in [3.8, 4) is 5.75 Å². The van der Waals surface area contributed by atoms with Gasteiger partial charge in [0.1, 0.15) is 17.4 Å². The summed E-state index contributed by atoms with van der Waals surface area (Å²) in [5, 5.41) is 2.89. The number of nitrogens with one attached hydrogen (secondary N) is 2. The highest BCUT2D eigenvalue weighted by Crippen LogP contribution is 2.29. The van der Waals surface area contributed by atoms with Crippen LogP contribution in [0, 0.1) is 5.92 Å². The summed E-state index contributed by atoms with van der Waals surface area (Å²) >= 11 is 0. The lowest BCUT2D eigenvalue weighted by atomic mass is 9.96. The lowest BCUT2D eigenvalue weighted by Crippen LogP contribution is -2.24. The molecule has 8 heteroatoms. The summed E-state index contributed by atoms with van der Waals surface area (Å²) in [6.07, 6.45) is 6.85. The minimum atomic E-state index is -0.145. The number of anilines is 1. The van der Waals surface area contributed by atoms with Crippen LogP contribution < -0.4 is 15.0 Å². The maximum atomic E-state index is 12.6. The van der Waals surface area contributed by atoms with Gasteiger partial charge in [0.2, 0.25) is 0 Å². The molecule has 0 spiro atoms. The summed E-state index contributed by atoms with van der Waals surface area (Å²) in [6.45, 7) is 3.66. The SMILES string of the molecule is COc1ccc(C(=O)NCc2ncc[nH]2)cc1CC1CCN(c2ccc(C(C)=O)cn2)C1. The highest BCUT2D eigenvalue weighted by molar-refractivity contribution is 5.94. The van der Waals surface area contributed by atoms with Crippen LogP contribution in [0.3, 0.4) is 0 Å². The van der Waals surface area contributed by atoms with Crippen LogP contribution in [0.2, 0.25) is 0 Å². The number of aromatic nitrogens is 3. The van der Waals surface area contributed by atoms with E-state index in [1.165, 1.54) is 0 Å². The fourth-order valence-corrected chi connectivity index (χ4v) is 4.04. The van der Waals surface area contributed by atoms with E-state index in [2.05, 4.69) is 25.2 Å². The van der Waals surface area contributed by atoms with E-state index in [1.807, 2.05) is 24.3 Å². The van der Waals surface area contributed by atoms with Gasteiger partial charge < -0.3 is 19.9 Å². The maximum absolute atomic E-state index is 12.6. The predicted octanol–water partition coefficient (Wildman–Crippen LogP) is 3.01. The zero-order valence-electron chi connectivity index (χ0n) is 18.3. The van der Waals surface area contributed by atoms with Crippen LogP contribution in [0.1, 0.15) is 45.4 Å². The second-order valence-corrected chi connectivity index (χ2v) is 8.01. The smallest absolute Gasteiger partial charge is 0.251 e. The topological polar surface area (TPSA) is 100 Å². The van der Waals surface area contributed by atoms with Crippen molar-refractivity contribution in [1.82, 2.24) is 20.3 Å². The lowest BCUT2D eigenvalue weighted by Gasteiger charge is -2.18. The predicted molar refractivity (Wildman–Crippen MR) is 121 cm³/mol. The Labute approximate surface area is 187 Å². The Bertz CT molecular complexity index is 1080. The third kappa shape index (κ3) is 4.96. The first kappa shape index (κ1) is 21.5. The van der Waals surface area contributed by atoms with E-state index in [0.717, 1.165) is 43.1 Å². The molecule has 2 aromatic heterocycles. The molecule has 32 heavy (non-hydrogen) atoms. The quantitative estimate of drug-likeness (QED) is 0.530. The van der Waals surface area contributed by atoms with Gasteiger partial charge in [-0.3, -0.25) is 9.59 Å². The molecule has 166 valence electrons. The van der Waals surface area contributed by atoms with Crippen LogP contribution in [0.4, 0.5) is 5.82 Å². The van der Waals surface area contributed by atoms with E-state index in [1.54, 1.807) is 38.7 Å². The third-order valence-corrected chi connectivity index (χ3v) is 5.79. The van der Waals surface area contributed by atoms with Crippen molar-refractivity contribution in [1.29, 1.82) is 0 Å². The zero-order valence-corrected chi connectivity index (χ0v) is 18.3. The largest absolute Gasteiger partial charge is 0.496 e. The second kappa shape index (κ2) is 9.64. The summed E-state index contributed by atoms with van der Waals surface area (Å²) < 4.78 is 5.55. The van der Waals surface area contributed by atoms with Gasteiger partial charge in [0.05, 0.1) is 13.7 Å². The van der Waals surface area contributed by atoms with Crippen molar-refractivity contribution in [2.75, 3.05) is 25.1 Å². The molecular weight excluding hydrogens is 406 g/mol. The minimum Gasteiger partial charge on any atom is -0.496 e. The van der Waals surface area contributed by atoms with Crippen LogP contribution in [-0.4, -0.2) is 46.8 Å². The van der Waals surface area contributed by atoms with E-state index in [4.69, 9.17) is 4.74 Å². The van der Waals surface area contributed by atoms with Gasteiger partial charge in [-0.05, 0) is 61.6 Å². The summed E-state index contributed by atoms with van der Waals surface area (Å²) in [5.74, 6) is 2.67. The Kier molecular flexibility index (Phi) is 6.49. The summed E-state index contributed by atoms with van der Waals surface area (Å²) in [4.78, 5) is 37.9.